The van der Waals surface area contributed by atoms with Crippen molar-refractivity contribution in [1.82, 2.24) is 10.2 Å². The number of hydrogen-bond acceptors (Lipinski definition) is 4. The molecule has 94 valence electrons. The van der Waals surface area contributed by atoms with Crippen LogP contribution in [0.15, 0.2) is 0 Å². The molecule has 0 aromatic rings. The zero-order valence-electron chi connectivity index (χ0n) is 9.95. The predicted molar refractivity (Wildman–Crippen MR) is 61.2 cm³/mol. The van der Waals surface area contributed by atoms with Crippen molar-refractivity contribution in [2.75, 3.05) is 40.0 Å². The first-order chi connectivity index (χ1) is 7.75. The first-order valence-corrected chi connectivity index (χ1v) is 5.90. The average Bonchev–Trinajstić information content (AvgIpc) is 3.10. The third kappa shape index (κ3) is 5.44. The number of aliphatic hydroxyl groups is 1. The minimum Gasteiger partial charge on any atom is -0.394 e. The van der Waals surface area contributed by atoms with E-state index in [9.17, 15) is 4.79 Å². The van der Waals surface area contributed by atoms with Crippen molar-refractivity contribution < 1.29 is 14.6 Å². The van der Waals surface area contributed by atoms with Crippen molar-refractivity contribution in [3.63, 3.8) is 0 Å². The summed E-state index contributed by atoms with van der Waals surface area (Å²) in [6.45, 7) is 2.27. The third-order valence-corrected chi connectivity index (χ3v) is 2.64. The standard InChI is InChI=1S/C11H22N2O3/c1-13(10-3-4-10)11(15)9-12-5-2-7-16-8-6-14/h10,12,14H,2-9H2,1H3. The molecule has 0 atom stereocenters. The number of hydrogen-bond donors (Lipinski definition) is 2. The Morgan fingerprint density at radius 3 is 2.88 bits per heavy atom. The van der Waals surface area contributed by atoms with Gasteiger partial charge in [0.1, 0.15) is 0 Å². The van der Waals surface area contributed by atoms with Gasteiger partial charge in [-0.2, -0.15) is 0 Å². The summed E-state index contributed by atoms with van der Waals surface area (Å²) in [4.78, 5) is 13.4. The van der Waals surface area contributed by atoms with Crippen LogP contribution in [0.2, 0.25) is 0 Å². The summed E-state index contributed by atoms with van der Waals surface area (Å²) in [6.07, 6.45) is 3.16. The highest BCUT2D eigenvalue weighted by Gasteiger charge is 2.28. The van der Waals surface area contributed by atoms with Gasteiger partial charge in [0.25, 0.3) is 0 Å². The van der Waals surface area contributed by atoms with Gasteiger partial charge < -0.3 is 20.1 Å². The van der Waals surface area contributed by atoms with Crippen molar-refractivity contribution in [3.8, 4) is 0 Å². The number of carbonyl (C=O) groups excluding carboxylic acids is 1. The van der Waals surface area contributed by atoms with Crippen LogP contribution in [0.4, 0.5) is 0 Å². The Balaban J connectivity index is 1.88. The molecular formula is C11H22N2O3. The van der Waals surface area contributed by atoms with Gasteiger partial charge in [0.05, 0.1) is 19.8 Å². The fourth-order valence-corrected chi connectivity index (χ4v) is 1.45. The summed E-state index contributed by atoms with van der Waals surface area (Å²) < 4.78 is 5.10. The highest BCUT2D eigenvalue weighted by molar-refractivity contribution is 5.78. The van der Waals surface area contributed by atoms with E-state index in [4.69, 9.17) is 9.84 Å². The number of carbonyl (C=O) groups is 1. The van der Waals surface area contributed by atoms with Crippen LogP contribution in [0.25, 0.3) is 0 Å². The van der Waals surface area contributed by atoms with Crippen molar-refractivity contribution in [2.24, 2.45) is 0 Å². The largest absolute Gasteiger partial charge is 0.394 e. The Morgan fingerprint density at radius 2 is 2.25 bits per heavy atom. The van der Waals surface area contributed by atoms with Crippen LogP contribution >= 0.6 is 0 Å². The maximum atomic E-state index is 11.6. The first-order valence-electron chi connectivity index (χ1n) is 5.90. The number of nitrogens with one attached hydrogen (secondary N) is 1. The van der Waals surface area contributed by atoms with E-state index in [0.29, 0.717) is 25.8 Å². The molecule has 0 aliphatic heterocycles. The van der Waals surface area contributed by atoms with Crippen molar-refractivity contribution in [1.29, 1.82) is 0 Å². The van der Waals surface area contributed by atoms with Crippen LogP contribution < -0.4 is 5.32 Å². The Morgan fingerprint density at radius 1 is 1.50 bits per heavy atom. The lowest BCUT2D eigenvalue weighted by atomic mass is 10.4. The van der Waals surface area contributed by atoms with Crippen LogP contribution in [0.1, 0.15) is 19.3 Å². The average molecular weight is 230 g/mol. The molecule has 0 bridgehead atoms. The Kier molecular flexibility index (Phi) is 6.37. The zero-order valence-corrected chi connectivity index (χ0v) is 9.95. The van der Waals surface area contributed by atoms with E-state index < -0.39 is 0 Å². The maximum Gasteiger partial charge on any atom is 0.236 e. The summed E-state index contributed by atoms with van der Waals surface area (Å²) in [7, 11) is 1.87. The Bertz CT molecular complexity index is 207. The second-order valence-corrected chi connectivity index (χ2v) is 4.10. The van der Waals surface area contributed by atoms with Gasteiger partial charge in [0.2, 0.25) is 5.91 Å². The molecule has 1 saturated carbocycles. The van der Waals surface area contributed by atoms with Crippen molar-refractivity contribution >= 4 is 5.91 Å². The number of nitrogens with zero attached hydrogens (tertiary/aromatic N) is 1. The van der Waals surface area contributed by atoms with E-state index in [0.717, 1.165) is 25.8 Å². The lowest BCUT2D eigenvalue weighted by Gasteiger charge is -2.16. The fourth-order valence-electron chi connectivity index (χ4n) is 1.45. The molecule has 0 heterocycles. The van der Waals surface area contributed by atoms with Gasteiger partial charge in [-0.05, 0) is 25.8 Å². The molecule has 5 heteroatoms. The van der Waals surface area contributed by atoms with E-state index >= 15 is 0 Å². The van der Waals surface area contributed by atoms with Crippen molar-refractivity contribution in [2.45, 2.75) is 25.3 Å². The van der Waals surface area contributed by atoms with Gasteiger partial charge >= 0.3 is 0 Å². The molecule has 2 N–H and O–H groups in total. The highest BCUT2D eigenvalue weighted by atomic mass is 16.5. The Hall–Kier alpha value is -0.650. The normalized spacial score (nSPS) is 15.1. The van der Waals surface area contributed by atoms with E-state index in [-0.39, 0.29) is 12.5 Å². The molecule has 0 aromatic carbocycles. The molecule has 1 rings (SSSR count). The molecule has 1 aliphatic carbocycles. The molecule has 0 spiro atoms. The second kappa shape index (κ2) is 7.60. The highest BCUT2D eigenvalue weighted by Crippen LogP contribution is 2.24. The Labute approximate surface area is 96.8 Å². The van der Waals surface area contributed by atoms with E-state index in [1.165, 1.54) is 0 Å². The monoisotopic (exact) mass is 230 g/mol. The van der Waals surface area contributed by atoms with Gasteiger partial charge in [-0.1, -0.05) is 0 Å². The molecule has 16 heavy (non-hydrogen) atoms. The van der Waals surface area contributed by atoms with Crippen LogP contribution in [0, 0.1) is 0 Å². The molecule has 0 unspecified atom stereocenters. The summed E-state index contributed by atoms with van der Waals surface area (Å²) >= 11 is 0. The lowest BCUT2D eigenvalue weighted by molar-refractivity contribution is -0.129. The molecule has 0 radical (unpaired) electrons. The SMILES string of the molecule is CN(C(=O)CNCCCOCCO)C1CC1. The van der Waals surface area contributed by atoms with Crippen LogP contribution in [0.5, 0.6) is 0 Å². The molecule has 1 aliphatic rings. The topological polar surface area (TPSA) is 61.8 Å². The van der Waals surface area contributed by atoms with E-state index in [1.807, 2.05) is 11.9 Å². The van der Waals surface area contributed by atoms with Gasteiger partial charge in [-0.15, -0.1) is 0 Å². The van der Waals surface area contributed by atoms with Gasteiger partial charge in [-0.3, -0.25) is 4.79 Å². The van der Waals surface area contributed by atoms with E-state index in [1.54, 1.807) is 0 Å². The second-order valence-electron chi connectivity index (χ2n) is 4.10. The minimum absolute atomic E-state index is 0.0676. The van der Waals surface area contributed by atoms with Gasteiger partial charge in [0.15, 0.2) is 0 Å². The third-order valence-electron chi connectivity index (χ3n) is 2.64. The summed E-state index contributed by atoms with van der Waals surface area (Å²) in [6, 6.07) is 0.488. The number of ether oxygens (including phenoxy) is 1. The smallest absolute Gasteiger partial charge is 0.236 e. The van der Waals surface area contributed by atoms with Crippen molar-refractivity contribution in [3.05, 3.63) is 0 Å². The fraction of sp³-hybridized carbons (Fsp3) is 0.909. The van der Waals surface area contributed by atoms with Gasteiger partial charge in [0, 0.05) is 19.7 Å². The molecule has 0 saturated heterocycles. The first kappa shape index (κ1) is 13.4. The molecule has 0 aromatic heterocycles. The summed E-state index contributed by atoms with van der Waals surface area (Å²) in [5, 5.41) is 11.6. The molecular weight excluding hydrogens is 208 g/mol. The lowest BCUT2D eigenvalue weighted by Crippen LogP contribution is -2.37. The molecule has 5 nitrogen and oxygen atoms in total. The number of rotatable bonds is 9. The number of likely N-dealkylation sites (N-methyl/N-ethyl adjacent to an activating group) is 1. The zero-order chi connectivity index (χ0) is 11.8. The predicted octanol–water partition coefficient (Wildman–Crippen LogP) is -0.404. The van der Waals surface area contributed by atoms with Crippen LogP contribution in [-0.4, -0.2) is 61.9 Å². The molecule has 1 amide bonds. The minimum atomic E-state index is 0.0676. The maximum absolute atomic E-state index is 11.6. The number of aliphatic hydroxyl groups excluding tert-OH is 1. The van der Waals surface area contributed by atoms with Crippen LogP contribution in [-0.2, 0) is 9.53 Å². The summed E-state index contributed by atoms with van der Waals surface area (Å²) in [5.74, 6) is 0.166. The van der Waals surface area contributed by atoms with Gasteiger partial charge in [-0.25, -0.2) is 0 Å². The van der Waals surface area contributed by atoms with Crippen LogP contribution in [0.3, 0.4) is 0 Å². The van der Waals surface area contributed by atoms with E-state index in [2.05, 4.69) is 5.32 Å². The molecule has 1 fully saturated rings. The quantitative estimate of drug-likeness (QED) is 0.529. The number of amides is 1. The summed E-state index contributed by atoms with van der Waals surface area (Å²) in [5.41, 5.74) is 0.